The lowest BCUT2D eigenvalue weighted by Crippen LogP contribution is -2.74. The third kappa shape index (κ3) is 4.04. The van der Waals surface area contributed by atoms with Gasteiger partial charge >= 0.3 is 0 Å². The van der Waals surface area contributed by atoms with Gasteiger partial charge in [0.25, 0.3) is 0 Å². The van der Waals surface area contributed by atoms with E-state index in [9.17, 15) is 20.1 Å². The number of nitrogens with one attached hydrogen (secondary N) is 2. The summed E-state index contributed by atoms with van der Waals surface area (Å²) in [6.07, 6.45) is 9.90. The van der Waals surface area contributed by atoms with Crippen LogP contribution in [-0.4, -0.2) is 61.9 Å². The number of carbonyl (C=O) groups is 1. The molecule has 39 heavy (non-hydrogen) atoms. The van der Waals surface area contributed by atoms with Gasteiger partial charge in [0.05, 0.1) is 5.60 Å². The van der Waals surface area contributed by atoms with Crippen LogP contribution in [-0.2, 0) is 23.1 Å². The van der Waals surface area contributed by atoms with Gasteiger partial charge in [-0.15, -0.1) is 0 Å². The molecule has 7 heteroatoms. The summed E-state index contributed by atoms with van der Waals surface area (Å²) in [5, 5.41) is 38.5. The maximum atomic E-state index is 13.1. The summed E-state index contributed by atoms with van der Waals surface area (Å²) >= 11 is 0. The van der Waals surface area contributed by atoms with Gasteiger partial charge in [0.2, 0.25) is 5.91 Å². The van der Waals surface area contributed by atoms with Crippen molar-refractivity contribution in [1.82, 2.24) is 15.2 Å². The van der Waals surface area contributed by atoms with Crippen molar-refractivity contribution >= 4 is 16.8 Å². The molecule has 3 aromatic rings. The van der Waals surface area contributed by atoms with Crippen LogP contribution in [0.4, 0.5) is 0 Å². The van der Waals surface area contributed by atoms with Crippen molar-refractivity contribution in [3.05, 3.63) is 59.3 Å². The van der Waals surface area contributed by atoms with E-state index in [-0.39, 0.29) is 29.5 Å². The van der Waals surface area contributed by atoms with Crippen LogP contribution in [0.5, 0.6) is 11.5 Å². The van der Waals surface area contributed by atoms with Crippen LogP contribution < -0.4 is 5.32 Å². The molecule has 1 amide bonds. The van der Waals surface area contributed by atoms with Crippen LogP contribution in [0.15, 0.2) is 42.6 Å². The zero-order chi connectivity index (χ0) is 26.8. The fraction of sp³-hybridized carbons (Fsp3) is 0.531. The molecule has 4 aliphatic rings. The van der Waals surface area contributed by atoms with Crippen LogP contribution >= 0.6 is 0 Å². The van der Waals surface area contributed by atoms with Crippen molar-refractivity contribution in [2.24, 2.45) is 5.92 Å². The standard InChI is InChI=1S/C32H39N3O4/c36-26-11-10-21-16-27-32(39)13-12-23(17-31(32,29(21)30(26)38)14-15-35(27)19-20-8-9-20)34-28(37)7-3-4-22-18-33-25-6-2-1-5-24(22)25/h1-2,5-6,10-11,18,20,23,27,33,36,38-39H,3-4,7-9,12-17,19H2,(H,34,37). The number of nitrogens with zero attached hydrogens (tertiary/aromatic N) is 1. The van der Waals surface area contributed by atoms with Crippen molar-refractivity contribution in [1.29, 1.82) is 0 Å². The Bertz CT molecular complexity index is 1410. The van der Waals surface area contributed by atoms with Crippen LogP contribution in [0.1, 0.15) is 68.1 Å². The van der Waals surface area contributed by atoms with Crippen molar-refractivity contribution < 1.29 is 20.1 Å². The molecule has 7 rings (SSSR count). The summed E-state index contributed by atoms with van der Waals surface area (Å²) < 4.78 is 0. The number of aromatic amines is 1. The number of hydrogen-bond donors (Lipinski definition) is 5. The highest BCUT2D eigenvalue weighted by Crippen LogP contribution is 2.61. The maximum Gasteiger partial charge on any atom is 0.220 e. The predicted molar refractivity (Wildman–Crippen MR) is 150 cm³/mol. The molecule has 2 bridgehead atoms. The number of rotatable bonds is 7. The summed E-state index contributed by atoms with van der Waals surface area (Å²) in [5.74, 6) is 0.551. The lowest BCUT2D eigenvalue weighted by molar-refractivity contribution is -0.172. The van der Waals surface area contributed by atoms with Crippen LogP contribution in [0.25, 0.3) is 10.9 Å². The number of likely N-dealkylation sites (tertiary alicyclic amines) is 1. The summed E-state index contributed by atoms with van der Waals surface area (Å²) in [5.41, 5.74) is 2.41. The topological polar surface area (TPSA) is 109 Å². The molecule has 1 aliphatic heterocycles. The molecule has 1 saturated heterocycles. The Hall–Kier alpha value is -3.03. The molecule has 4 atom stereocenters. The molecule has 3 fully saturated rings. The van der Waals surface area contributed by atoms with Crippen molar-refractivity contribution in [2.75, 3.05) is 13.1 Å². The highest BCUT2D eigenvalue weighted by molar-refractivity contribution is 5.83. The molecule has 2 heterocycles. The first-order valence-electron chi connectivity index (χ1n) is 14.7. The highest BCUT2D eigenvalue weighted by Gasteiger charge is 2.65. The fourth-order valence-electron chi connectivity index (χ4n) is 8.26. The van der Waals surface area contributed by atoms with Crippen LogP contribution in [0.3, 0.4) is 0 Å². The average molecular weight is 530 g/mol. The van der Waals surface area contributed by atoms with Crippen LogP contribution in [0, 0.1) is 5.92 Å². The van der Waals surface area contributed by atoms with Gasteiger partial charge in [0.15, 0.2) is 11.5 Å². The Balaban J connectivity index is 1.09. The number of aryl methyl sites for hydroxylation is 1. The Morgan fingerprint density at radius 2 is 1.95 bits per heavy atom. The van der Waals surface area contributed by atoms with E-state index in [1.165, 1.54) is 23.8 Å². The van der Waals surface area contributed by atoms with E-state index in [0.717, 1.165) is 49.4 Å². The number of aliphatic hydroxyl groups is 1. The van der Waals surface area contributed by atoms with E-state index in [1.54, 1.807) is 6.07 Å². The van der Waals surface area contributed by atoms with Gasteiger partial charge in [0.1, 0.15) is 0 Å². The van der Waals surface area contributed by atoms with E-state index in [1.807, 2.05) is 24.4 Å². The molecule has 3 aliphatic carbocycles. The lowest BCUT2D eigenvalue weighted by atomic mass is 9.48. The number of carbonyl (C=O) groups excluding carboxylic acids is 1. The SMILES string of the molecule is O=C(CCCc1c[nH]c2ccccc12)NC1CCC2(O)C3Cc4ccc(O)c(O)c4C2(CCN3CC2CC2)C1. The minimum atomic E-state index is -0.991. The molecule has 0 spiro atoms. The molecule has 206 valence electrons. The smallest absolute Gasteiger partial charge is 0.220 e. The second-order valence-corrected chi connectivity index (χ2v) is 12.6. The number of phenols is 2. The quantitative estimate of drug-likeness (QED) is 0.294. The first-order valence-corrected chi connectivity index (χ1v) is 14.7. The number of benzene rings is 2. The molecular weight excluding hydrogens is 490 g/mol. The molecule has 2 aromatic carbocycles. The fourth-order valence-corrected chi connectivity index (χ4v) is 8.26. The first kappa shape index (κ1) is 25.0. The molecule has 7 nitrogen and oxygen atoms in total. The number of piperidine rings is 1. The first-order chi connectivity index (χ1) is 18.9. The average Bonchev–Trinajstić information content (AvgIpc) is 3.65. The minimum absolute atomic E-state index is 0.00359. The molecule has 2 saturated carbocycles. The zero-order valence-corrected chi connectivity index (χ0v) is 22.5. The van der Waals surface area contributed by atoms with Crippen LogP contribution in [0.2, 0.25) is 0 Å². The maximum absolute atomic E-state index is 13.1. The third-order valence-electron chi connectivity index (χ3n) is 10.3. The predicted octanol–water partition coefficient (Wildman–Crippen LogP) is 4.28. The minimum Gasteiger partial charge on any atom is -0.504 e. The highest BCUT2D eigenvalue weighted by atomic mass is 16.3. The van der Waals surface area contributed by atoms with E-state index < -0.39 is 11.0 Å². The third-order valence-corrected chi connectivity index (χ3v) is 10.3. The van der Waals surface area contributed by atoms with Gasteiger partial charge < -0.3 is 25.6 Å². The Morgan fingerprint density at radius 1 is 1.10 bits per heavy atom. The number of amides is 1. The number of aromatic hydroxyl groups is 2. The van der Waals surface area contributed by atoms with Crippen molar-refractivity contribution in [2.45, 2.75) is 87.3 Å². The summed E-state index contributed by atoms with van der Waals surface area (Å²) in [7, 11) is 0. The number of H-pyrrole nitrogens is 1. The Kier molecular flexibility index (Phi) is 5.94. The van der Waals surface area contributed by atoms with E-state index in [4.69, 9.17) is 0 Å². The van der Waals surface area contributed by atoms with E-state index >= 15 is 0 Å². The van der Waals surface area contributed by atoms with Gasteiger partial charge in [-0.2, -0.15) is 0 Å². The lowest BCUT2D eigenvalue weighted by Gasteiger charge is -2.64. The summed E-state index contributed by atoms with van der Waals surface area (Å²) in [6, 6.07) is 11.7. The molecule has 0 radical (unpaired) electrons. The number of para-hydroxylation sites is 1. The molecule has 5 N–H and O–H groups in total. The van der Waals surface area contributed by atoms with Gasteiger partial charge in [-0.3, -0.25) is 9.69 Å². The van der Waals surface area contributed by atoms with Crippen molar-refractivity contribution in [3.63, 3.8) is 0 Å². The number of aromatic nitrogens is 1. The summed E-state index contributed by atoms with van der Waals surface area (Å²) in [6.45, 7) is 1.89. The van der Waals surface area contributed by atoms with Gasteiger partial charge in [-0.1, -0.05) is 24.3 Å². The summed E-state index contributed by atoms with van der Waals surface area (Å²) in [4.78, 5) is 18.9. The molecule has 4 unspecified atom stereocenters. The second kappa shape index (κ2) is 9.27. The number of fused-ring (bicyclic) bond motifs is 2. The monoisotopic (exact) mass is 529 g/mol. The largest absolute Gasteiger partial charge is 0.504 e. The Labute approximate surface area is 229 Å². The van der Waals surface area contributed by atoms with E-state index in [0.29, 0.717) is 37.7 Å². The number of phenolic OH excluding ortho intramolecular Hbond substituents is 2. The Morgan fingerprint density at radius 3 is 2.79 bits per heavy atom. The van der Waals surface area contributed by atoms with E-state index in [2.05, 4.69) is 27.3 Å². The van der Waals surface area contributed by atoms with Gasteiger partial charge in [0, 0.05) is 53.1 Å². The molecule has 1 aromatic heterocycles. The normalized spacial score (nSPS) is 30.1. The van der Waals surface area contributed by atoms with Gasteiger partial charge in [-0.25, -0.2) is 0 Å². The second-order valence-electron chi connectivity index (χ2n) is 12.6. The van der Waals surface area contributed by atoms with Crippen molar-refractivity contribution in [3.8, 4) is 11.5 Å². The molecular formula is C32H39N3O4. The van der Waals surface area contributed by atoms with Gasteiger partial charge in [-0.05, 0) is 93.5 Å². The zero-order valence-electron chi connectivity index (χ0n) is 22.5. The number of hydrogen-bond acceptors (Lipinski definition) is 5.